The first-order valence-electron chi connectivity index (χ1n) is 7.07. The van der Waals surface area contributed by atoms with Gasteiger partial charge in [-0.05, 0) is 44.2 Å². The minimum absolute atomic E-state index is 0.0195. The Morgan fingerprint density at radius 2 is 2.16 bits per heavy atom. The van der Waals surface area contributed by atoms with E-state index in [4.69, 9.17) is 0 Å². The molecule has 0 aromatic heterocycles. The van der Waals surface area contributed by atoms with Crippen molar-refractivity contribution in [2.24, 2.45) is 5.92 Å². The van der Waals surface area contributed by atoms with Gasteiger partial charge in [0.05, 0.1) is 5.56 Å². The van der Waals surface area contributed by atoms with E-state index >= 15 is 0 Å². The lowest BCUT2D eigenvalue weighted by Gasteiger charge is -2.18. The van der Waals surface area contributed by atoms with Crippen LogP contribution in [-0.4, -0.2) is 19.0 Å². The van der Waals surface area contributed by atoms with Crippen LogP contribution in [0.5, 0.6) is 0 Å². The Morgan fingerprint density at radius 3 is 2.89 bits per heavy atom. The summed E-state index contributed by atoms with van der Waals surface area (Å²) < 4.78 is 0. The number of anilines is 1. The summed E-state index contributed by atoms with van der Waals surface area (Å²) in [6, 6.07) is 7.66. The fraction of sp³-hybridized carbons (Fsp3) is 0.438. The van der Waals surface area contributed by atoms with Crippen molar-refractivity contribution in [2.45, 2.75) is 26.2 Å². The van der Waals surface area contributed by atoms with Gasteiger partial charge in [0.15, 0.2) is 0 Å². The van der Waals surface area contributed by atoms with E-state index in [1.54, 1.807) is 0 Å². The standard InChI is InChI=1S/C16H22N2O/c1-2-17-15-11-7-6-10-14(15)16(19)18-12-13-8-4-3-5-9-13/h3-4,6-7,10-11,13,17H,2,5,8-9,12H2,1H3,(H,18,19). The summed E-state index contributed by atoms with van der Waals surface area (Å²) in [6.45, 7) is 3.62. The van der Waals surface area contributed by atoms with E-state index < -0.39 is 0 Å². The number of benzene rings is 1. The van der Waals surface area contributed by atoms with E-state index in [1.165, 1.54) is 6.42 Å². The van der Waals surface area contributed by atoms with Gasteiger partial charge in [-0.15, -0.1) is 0 Å². The summed E-state index contributed by atoms with van der Waals surface area (Å²) >= 11 is 0. The average Bonchev–Trinajstić information content (AvgIpc) is 2.47. The number of carbonyl (C=O) groups is 1. The second-order valence-electron chi connectivity index (χ2n) is 4.94. The van der Waals surface area contributed by atoms with Crippen molar-refractivity contribution in [2.75, 3.05) is 18.4 Å². The molecule has 1 unspecified atom stereocenters. The minimum Gasteiger partial charge on any atom is -0.385 e. The minimum atomic E-state index is 0.0195. The maximum atomic E-state index is 12.2. The van der Waals surface area contributed by atoms with Gasteiger partial charge in [0.25, 0.3) is 5.91 Å². The largest absolute Gasteiger partial charge is 0.385 e. The van der Waals surface area contributed by atoms with Crippen LogP contribution < -0.4 is 10.6 Å². The Labute approximate surface area is 115 Å². The summed E-state index contributed by atoms with van der Waals surface area (Å²) in [5.41, 5.74) is 1.64. The third kappa shape index (κ3) is 3.85. The van der Waals surface area contributed by atoms with Crippen LogP contribution in [0.4, 0.5) is 5.69 Å². The van der Waals surface area contributed by atoms with Crippen molar-refractivity contribution in [1.29, 1.82) is 0 Å². The van der Waals surface area contributed by atoms with Gasteiger partial charge in [-0.2, -0.15) is 0 Å². The van der Waals surface area contributed by atoms with Gasteiger partial charge in [0, 0.05) is 18.8 Å². The van der Waals surface area contributed by atoms with Crippen LogP contribution in [0, 0.1) is 5.92 Å². The molecule has 19 heavy (non-hydrogen) atoms. The second kappa shape index (κ2) is 6.98. The predicted molar refractivity (Wildman–Crippen MR) is 79.4 cm³/mol. The maximum absolute atomic E-state index is 12.2. The Morgan fingerprint density at radius 1 is 1.32 bits per heavy atom. The Bertz CT molecular complexity index is 454. The van der Waals surface area contributed by atoms with Gasteiger partial charge < -0.3 is 10.6 Å². The molecule has 1 aliphatic carbocycles. The first-order chi connectivity index (χ1) is 9.31. The normalized spacial score (nSPS) is 18.1. The zero-order chi connectivity index (χ0) is 13.5. The van der Waals surface area contributed by atoms with Crippen molar-refractivity contribution >= 4 is 11.6 Å². The SMILES string of the molecule is CCNc1ccccc1C(=O)NCC1CC=CCC1. The molecule has 0 spiro atoms. The van der Waals surface area contributed by atoms with Gasteiger partial charge in [-0.1, -0.05) is 24.3 Å². The Hall–Kier alpha value is -1.77. The van der Waals surface area contributed by atoms with Crippen LogP contribution >= 0.6 is 0 Å². The molecule has 0 saturated heterocycles. The van der Waals surface area contributed by atoms with Gasteiger partial charge in [0.1, 0.15) is 0 Å². The lowest BCUT2D eigenvalue weighted by Crippen LogP contribution is -2.30. The van der Waals surface area contributed by atoms with Crippen molar-refractivity contribution in [1.82, 2.24) is 5.32 Å². The van der Waals surface area contributed by atoms with Crippen LogP contribution in [-0.2, 0) is 0 Å². The third-order valence-electron chi connectivity index (χ3n) is 3.47. The quantitative estimate of drug-likeness (QED) is 0.796. The molecule has 1 aromatic carbocycles. The number of hydrogen-bond acceptors (Lipinski definition) is 2. The number of nitrogens with one attached hydrogen (secondary N) is 2. The maximum Gasteiger partial charge on any atom is 0.253 e. The van der Waals surface area contributed by atoms with E-state index in [0.29, 0.717) is 5.92 Å². The molecule has 1 atom stereocenters. The molecule has 1 amide bonds. The molecule has 0 radical (unpaired) electrons. The Balaban J connectivity index is 1.93. The molecule has 0 saturated carbocycles. The van der Waals surface area contributed by atoms with Crippen molar-refractivity contribution < 1.29 is 4.79 Å². The highest BCUT2D eigenvalue weighted by atomic mass is 16.1. The highest BCUT2D eigenvalue weighted by Crippen LogP contribution is 2.18. The summed E-state index contributed by atoms with van der Waals surface area (Å²) in [7, 11) is 0. The third-order valence-corrected chi connectivity index (χ3v) is 3.47. The molecular formula is C16H22N2O. The molecule has 2 N–H and O–H groups in total. The summed E-state index contributed by atoms with van der Waals surface area (Å²) in [6.07, 6.45) is 7.82. The fourth-order valence-electron chi connectivity index (χ4n) is 2.40. The molecule has 0 bridgehead atoms. The Kier molecular flexibility index (Phi) is 5.01. The van der Waals surface area contributed by atoms with Crippen LogP contribution in [0.15, 0.2) is 36.4 Å². The molecular weight excluding hydrogens is 236 g/mol. The molecule has 0 fully saturated rings. The van der Waals surface area contributed by atoms with Crippen molar-refractivity contribution in [3.8, 4) is 0 Å². The average molecular weight is 258 g/mol. The second-order valence-corrected chi connectivity index (χ2v) is 4.94. The van der Waals surface area contributed by atoms with Crippen LogP contribution in [0.25, 0.3) is 0 Å². The van der Waals surface area contributed by atoms with Crippen LogP contribution in [0.3, 0.4) is 0 Å². The highest BCUT2D eigenvalue weighted by molar-refractivity contribution is 5.99. The van der Waals surface area contributed by atoms with E-state index in [9.17, 15) is 4.79 Å². The molecule has 102 valence electrons. The molecule has 3 heteroatoms. The van der Waals surface area contributed by atoms with Crippen LogP contribution in [0.1, 0.15) is 36.5 Å². The van der Waals surface area contributed by atoms with Gasteiger partial charge in [0.2, 0.25) is 0 Å². The summed E-state index contributed by atoms with van der Waals surface area (Å²) in [4.78, 5) is 12.2. The lowest BCUT2D eigenvalue weighted by molar-refractivity contribution is 0.0947. The van der Waals surface area contributed by atoms with Gasteiger partial charge >= 0.3 is 0 Å². The molecule has 3 nitrogen and oxygen atoms in total. The number of para-hydroxylation sites is 1. The zero-order valence-electron chi connectivity index (χ0n) is 11.5. The number of allylic oxidation sites excluding steroid dienone is 2. The molecule has 2 rings (SSSR count). The molecule has 0 heterocycles. The summed E-state index contributed by atoms with van der Waals surface area (Å²) in [5.74, 6) is 0.603. The summed E-state index contributed by atoms with van der Waals surface area (Å²) in [5, 5.41) is 6.28. The first-order valence-corrected chi connectivity index (χ1v) is 7.07. The zero-order valence-corrected chi connectivity index (χ0v) is 11.5. The highest BCUT2D eigenvalue weighted by Gasteiger charge is 2.14. The molecule has 0 aliphatic heterocycles. The van der Waals surface area contributed by atoms with E-state index in [-0.39, 0.29) is 5.91 Å². The van der Waals surface area contributed by atoms with Crippen molar-refractivity contribution in [3.05, 3.63) is 42.0 Å². The first kappa shape index (κ1) is 13.7. The fourth-order valence-corrected chi connectivity index (χ4v) is 2.40. The molecule has 1 aromatic rings. The molecule has 1 aliphatic rings. The van der Waals surface area contributed by atoms with Gasteiger partial charge in [-0.25, -0.2) is 0 Å². The van der Waals surface area contributed by atoms with Crippen molar-refractivity contribution in [3.63, 3.8) is 0 Å². The number of amides is 1. The smallest absolute Gasteiger partial charge is 0.253 e. The lowest BCUT2D eigenvalue weighted by atomic mass is 9.94. The topological polar surface area (TPSA) is 41.1 Å². The van der Waals surface area contributed by atoms with E-state index in [2.05, 4.69) is 22.8 Å². The van der Waals surface area contributed by atoms with Gasteiger partial charge in [-0.3, -0.25) is 4.79 Å². The predicted octanol–water partition coefficient (Wildman–Crippen LogP) is 3.20. The van der Waals surface area contributed by atoms with Crippen LogP contribution in [0.2, 0.25) is 0 Å². The monoisotopic (exact) mass is 258 g/mol. The number of rotatable bonds is 5. The number of carbonyl (C=O) groups excluding carboxylic acids is 1. The van der Waals surface area contributed by atoms with E-state index in [1.807, 2.05) is 31.2 Å². The van der Waals surface area contributed by atoms with E-state index in [0.717, 1.165) is 37.2 Å². The number of hydrogen-bond donors (Lipinski definition) is 2.